The minimum atomic E-state index is -0.578. The molecular weight excluding hydrogens is 445 g/mol. The van der Waals surface area contributed by atoms with Gasteiger partial charge in [0.15, 0.2) is 0 Å². The third-order valence-electron chi connectivity index (χ3n) is 3.56. The predicted octanol–water partition coefficient (Wildman–Crippen LogP) is 4.38. The molecule has 0 fully saturated rings. The number of benzene rings is 2. The van der Waals surface area contributed by atoms with Crippen molar-refractivity contribution in [2.75, 3.05) is 11.9 Å². The third-order valence-corrected chi connectivity index (χ3v) is 5.02. The zero-order chi connectivity index (χ0) is 18.7. The first-order valence-electron chi connectivity index (χ1n) is 7.45. The molecule has 2 amide bonds. The van der Waals surface area contributed by atoms with Crippen LogP contribution in [0.3, 0.4) is 0 Å². The lowest BCUT2D eigenvalue weighted by molar-refractivity contribution is -0.115. The van der Waals surface area contributed by atoms with Crippen LogP contribution >= 0.6 is 39.1 Å². The van der Waals surface area contributed by atoms with Gasteiger partial charge in [-0.1, -0.05) is 51.3 Å². The Morgan fingerprint density at radius 3 is 2.58 bits per heavy atom. The first-order valence-corrected chi connectivity index (χ1v) is 9.00. The van der Waals surface area contributed by atoms with Crippen molar-refractivity contribution in [1.29, 1.82) is 0 Å². The Hall–Kier alpha value is -2.09. The molecule has 0 aliphatic carbocycles. The monoisotopic (exact) mass is 455 g/mol. The van der Waals surface area contributed by atoms with E-state index < -0.39 is 6.09 Å². The van der Waals surface area contributed by atoms with E-state index in [2.05, 4.69) is 31.8 Å². The zero-order valence-electron chi connectivity index (χ0n) is 13.2. The number of nitrogens with one attached hydrogen (secondary N) is 2. The minimum absolute atomic E-state index is 0.100. The Balaban J connectivity index is 1.65. The topological polar surface area (TPSA) is 79.8 Å². The molecule has 0 bridgehead atoms. The van der Waals surface area contributed by atoms with Crippen molar-refractivity contribution in [3.8, 4) is 0 Å². The fourth-order valence-electron chi connectivity index (χ4n) is 2.28. The summed E-state index contributed by atoms with van der Waals surface area (Å²) in [6.07, 6.45) is -0.433. The van der Waals surface area contributed by atoms with E-state index in [0.29, 0.717) is 21.4 Å². The van der Waals surface area contributed by atoms with Gasteiger partial charge < -0.3 is 10.1 Å². The lowest BCUT2D eigenvalue weighted by atomic mass is 10.1. The number of carbonyl (C=O) groups is 2. The van der Waals surface area contributed by atoms with Gasteiger partial charge in [0.25, 0.3) is 0 Å². The molecule has 0 saturated heterocycles. The van der Waals surface area contributed by atoms with E-state index in [1.165, 1.54) is 0 Å². The Labute approximate surface area is 167 Å². The minimum Gasteiger partial charge on any atom is -0.442 e. The van der Waals surface area contributed by atoms with Crippen molar-refractivity contribution in [3.63, 3.8) is 0 Å². The highest BCUT2D eigenvalue weighted by molar-refractivity contribution is 9.10. The molecule has 0 atom stereocenters. The van der Waals surface area contributed by atoms with Gasteiger partial charge in [0, 0.05) is 15.7 Å². The molecule has 0 saturated carbocycles. The number of amides is 2. The number of halogens is 3. The van der Waals surface area contributed by atoms with E-state index in [0.717, 1.165) is 15.6 Å². The van der Waals surface area contributed by atoms with Crippen LogP contribution in [0.1, 0.15) is 11.1 Å². The molecule has 2 aromatic carbocycles. The molecule has 26 heavy (non-hydrogen) atoms. The summed E-state index contributed by atoms with van der Waals surface area (Å²) in [6.45, 7) is 0.100. The van der Waals surface area contributed by atoms with E-state index in [1.54, 1.807) is 36.4 Å². The number of nitrogens with zero attached hydrogens (tertiary/aromatic N) is 1. The van der Waals surface area contributed by atoms with Gasteiger partial charge in [-0.25, -0.2) is 10.2 Å². The molecule has 6 nitrogen and oxygen atoms in total. The van der Waals surface area contributed by atoms with Crippen LogP contribution in [0.25, 0.3) is 0 Å². The van der Waals surface area contributed by atoms with E-state index in [9.17, 15) is 9.59 Å². The second kappa shape index (κ2) is 8.07. The van der Waals surface area contributed by atoms with Crippen LogP contribution in [-0.4, -0.2) is 24.3 Å². The van der Waals surface area contributed by atoms with Gasteiger partial charge in [-0.05, 0) is 29.8 Å². The van der Waals surface area contributed by atoms with Crippen molar-refractivity contribution >= 4 is 62.5 Å². The molecule has 1 aliphatic heterocycles. The number of hydrazone groups is 1. The van der Waals surface area contributed by atoms with Crippen molar-refractivity contribution in [1.82, 2.24) is 5.43 Å². The predicted molar refractivity (Wildman–Crippen MR) is 104 cm³/mol. The van der Waals surface area contributed by atoms with Gasteiger partial charge in [-0.15, -0.1) is 0 Å². The largest absolute Gasteiger partial charge is 0.442 e. The molecule has 2 aromatic rings. The maximum atomic E-state index is 12.3. The van der Waals surface area contributed by atoms with E-state index in [-0.39, 0.29) is 18.9 Å². The van der Waals surface area contributed by atoms with E-state index in [4.69, 9.17) is 27.9 Å². The normalized spacial score (nSPS) is 13.5. The SMILES string of the molecule is O=C(Cc1cc(Cl)c(Cl)cc1Br)Nc1ccc(C2=NNC(=O)OC2)cc1. The number of hydrogen-bond acceptors (Lipinski definition) is 4. The van der Waals surface area contributed by atoms with Gasteiger partial charge in [0.05, 0.1) is 16.5 Å². The molecule has 0 aromatic heterocycles. The number of rotatable bonds is 4. The van der Waals surface area contributed by atoms with Crippen LogP contribution < -0.4 is 10.7 Å². The number of cyclic esters (lactones) is 1. The van der Waals surface area contributed by atoms with Crippen LogP contribution in [0.15, 0.2) is 46.0 Å². The smallest absolute Gasteiger partial charge is 0.428 e. The van der Waals surface area contributed by atoms with E-state index in [1.807, 2.05) is 0 Å². The van der Waals surface area contributed by atoms with Crippen LogP contribution in [-0.2, 0) is 16.0 Å². The van der Waals surface area contributed by atoms with Gasteiger partial charge >= 0.3 is 6.09 Å². The van der Waals surface area contributed by atoms with Crippen molar-refractivity contribution in [3.05, 3.63) is 62.0 Å². The molecule has 134 valence electrons. The lowest BCUT2D eigenvalue weighted by Gasteiger charge is -2.13. The Bertz CT molecular complexity index is 901. The number of hydrogen-bond donors (Lipinski definition) is 2. The van der Waals surface area contributed by atoms with Crippen molar-refractivity contribution in [2.45, 2.75) is 6.42 Å². The molecule has 1 aliphatic rings. The molecular formula is C17H12BrCl2N3O3. The number of carbonyl (C=O) groups excluding carboxylic acids is 2. The Morgan fingerprint density at radius 2 is 1.92 bits per heavy atom. The summed E-state index contributed by atoms with van der Waals surface area (Å²) in [5.41, 5.74) is 5.01. The third kappa shape index (κ3) is 4.55. The standard InChI is InChI=1S/C17H12BrCl2N3O3/c18-12-7-14(20)13(19)5-10(12)6-16(24)21-11-3-1-9(2-4-11)15-8-26-17(25)23-22-15/h1-5,7H,6,8H2,(H,21,24)(H,23,25). The average Bonchev–Trinajstić information content (AvgIpc) is 2.61. The van der Waals surface area contributed by atoms with E-state index >= 15 is 0 Å². The van der Waals surface area contributed by atoms with Gasteiger partial charge in [0.1, 0.15) is 12.3 Å². The van der Waals surface area contributed by atoms with Crippen molar-refractivity contribution < 1.29 is 14.3 Å². The molecule has 3 rings (SSSR count). The maximum absolute atomic E-state index is 12.3. The lowest BCUT2D eigenvalue weighted by Crippen LogP contribution is -2.30. The summed E-state index contributed by atoms with van der Waals surface area (Å²) in [7, 11) is 0. The molecule has 1 heterocycles. The maximum Gasteiger partial charge on any atom is 0.428 e. The first-order chi connectivity index (χ1) is 12.4. The van der Waals surface area contributed by atoms with Crippen LogP contribution in [0, 0.1) is 0 Å². The number of ether oxygens (including phenoxy) is 1. The summed E-state index contributed by atoms with van der Waals surface area (Å²) in [4.78, 5) is 23.2. The molecule has 2 N–H and O–H groups in total. The molecule has 0 unspecified atom stereocenters. The summed E-state index contributed by atoms with van der Waals surface area (Å²) in [5, 5.41) is 7.55. The van der Waals surface area contributed by atoms with Gasteiger partial charge in [-0.2, -0.15) is 5.10 Å². The summed E-state index contributed by atoms with van der Waals surface area (Å²) < 4.78 is 5.58. The summed E-state index contributed by atoms with van der Waals surface area (Å²) in [5.74, 6) is -0.192. The Kier molecular flexibility index (Phi) is 5.80. The van der Waals surface area contributed by atoms with Crippen LogP contribution in [0.2, 0.25) is 10.0 Å². The molecule has 0 spiro atoms. The first kappa shape index (κ1) is 18.7. The molecule has 9 heteroatoms. The second-order valence-electron chi connectivity index (χ2n) is 5.41. The van der Waals surface area contributed by atoms with Crippen LogP contribution in [0.4, 0.5) is 10.5 Å². The molecule has 0 radical (unpaired) electrons. The summed E-state index contributed by atoms with van der Waals surface area (Å²) >= 11 is 15.3. The highest BCUT2D eigenvalue weighted by atomic mass is 79.9. The fraction of sp³-hybridized carbons (Fsp3) is 0.118. The zero-order valence-corrected chi connectivity index (χ0v) is 16.3. The van der Waals surface area contributed by atoms with Crippen molar-refractivity contribution in [2.24, 2.45) is 5.10 Å². The Morgan fingerprint density at radius 1 is 1.23 bits per heavy atom. The van der Waals surface area contributed by atoms with Gasteiger partial charge in [0.2, 0.25) is 5.91 Å². The quantitative estimate of drug-likeness (QED) is 0.670. The summed E-state index contributed by atoms with van der Waals surface area (Å²) in [6, 6.07) is 10.4. The highest BCUT2D eigenvalue weighted by Gasteiger charge is 2.14. The average molecular weight is 457 g/mol. The number of anilines is 1. The second-order valence-corrected chi connectivity index (χ2v) is 7.08. The highest BCUT2D eigenvalue weighted by Crippen LogP contribution is 2.29. The van der Waals surface area contributed by atoms with Crippen LogP contribution in [0.5, 0.6) is 0 Å². The van der Waals surface area contributed by atoms with Gasteiger partial charge in [-0.3, -0.25) is 4.79 Å². The fourth-order valence-corrected chi connectivity index (χ4v) is 3.25.